The smallest absolute Gasteiger partial charge is 0.174 e. The Labute approximate surface area is 163 Å². The minimum absolute atomic E-state index is 0.532. The number of allylic oxidation sites excluding steroid dienone is 1. The van der Waals surface area contributed by atoms with Crippen molar-refractivity contribution in [3.63, 3.8) is 0 Å². The molecule has 0 bridgehead atoms. The fourth-order valence-electron chi connectivity index (χ4n) is 2.43. The Bertz CT molecular complexity index is 956. The van der Waals surface area contributed by atoms with Crippen LogP contribution in [0.4, 0.5) is 0 Å². The third-order valence-electron chi connectivity index (χ3n) is 3.49. The third-order valence-corrected chi connectivity index (χ3v) is 5.36. The van der Waals surface area contributed by atoms with Crippen molar-refractivity contribution in [3.8, 4) is 17.6 Å². The molecule has 0 N–H and O–H groups in total. The Morgan fingerprint density at radius 2 is 2.16 bits per heavy atom. The number of nitriles is 1. The summed E-state index contributed by atoms with van der Waals surface area (Å²) in [4.78, 5) is 4.56. The molecule has 0 amide bonds. The molecule has 1 heterocycles. The molecule has 0 radical (unpaired) electrons. The van der Waals surface area contributed by atoms with Gasteiger partial charge in [-0.15, -0.1) is 11.3 Å². The predicted octanol–water partition coefficient (Wildman–Crippen LogP) is 5.37. The Balaban J connectivity index is 2.06. The number of para-hydroxylation sites is 1. The Hall–Kier alpha value is -2.11. The van der Waals surface area contributed by atoms with Crippen LogP contribution in [0.2, 0.25) is 0 Å². The lowest BCUT2D eigenvalue weighted by atomic mass is 10.1. The van der Waals surface area contributed by atoms with Crippen LogP contribution < -0.4 is 9.47 Å². The Morgan fingerprint density at radius 3 is 2.84 bits per heavy atom. The number of aromatic nitrogens is 1. The first kappa shape index (κ1) is 17.7. The number of hydrogen-bond donors (Lipinski definition) is 0. The second-order valence-corrected chi connectivity index (χ2v) is 7.32. The first-order valence-electron chi connectivity index (χ1n) is 7.64. The van der Waals surface area contributed by atoms with Gasteiger partial charge in [0.1, 0.15) is 11.1 Å². The zero-order valence-electron chi connectivity index (χ0n) is 13.7. The molecular weight excluding hydrogens is 447 g/mol. The molecule has 4 nitrogen and oxygen atoms in total. The maximum atomic E-state index is 9.60. The van der Waals surface area contributed by atoms with E-state index in [2.05, 4.69) is 33.6 Å². The second kappa shape index (κ2) is 7.85. The zero-order valence-corrected chi connectivity index (χ0v) is 16.7. The number of benzene rings is 2. The molecule has 0 aliphatic rings. The van der Waals surface area contributed by atoms with E-state index in [4.69, 9.17) is 9.47 Å². The highest BCUT2D eigenvalue weighted by molar-refractivity contribution is 14.1. The van der Waals surface area contributed by atoms with Gasteiger partial charge in [-0.1, -0.05) is 12.1 Å². The molecular formula is C19H15IN2O2S. The summed E-state index contributed by atoms with van der Waals surface area (Å²) in [5, 5.41) is 10.3. The lowest BCUT2D eigenvalue weighted by Crippen LogP contribution is -1.98. The maximum Gasteiger partial charge on any atom is 0.174 e. The van der Waals surface area contributed by atoms with E-state index < -0.39 is 0 Å². The standard InChI is InChI=1S/C19H15IN2O2S/c1-3-24-16-10-12(9-14(20)18(16)23-2)8-13(11-21)19-22-15-6-4-5-7-17(15)25-19/h4-10H,3H2,1-2H3/b13-8+. The van der Waals surface area contributed by atoms with Crippen LogP contribution in [0.3, 0.4) is 0 Å². The van der Waals surface area contributed by atoms with Crippen LogP contribution in [0.1, 0.15) is 17.5 Å². The quantitative estimate of drug-likeness (QED) is 0.378. The second-order valence-electron chi connectivity index (χ2n) is 5.12. The van der Waals surface area contributed by atoms with Crippen molar-refractivity contribution < 1.29 is 9.47 Å². The molecule has 0 aliphatic heterocycles. The van der Waals surface area contributed by atoms with E-state index >= 15 is 0 Å². The number of rotatable bonds is 5. The van der Waals surface area contributed by atoms with Gasteiger partial charge in [0.15, 0.2) is 11.5 Å². The molecule has 3 aromatic rings. The lowest BCUT2D eigenvalue weighted by Gasteiger charge is -2.12. The molecule has 25 heavy (non-hydrogen) atoms. The fraction of sp³-hybridized carbons (Fsp3) is 0.158. The van der Waals surface area contributed by atoms with Gasteiger partial charge in [0, 0.05) is 0 Å². The first-order chi connectivity index (χ1) is 12.2. The summed E-state index contributed by atoms with van der Waals surface area (Å²) in [5.41, 5.74) is 2.32. The molecule has 1 aromatic heterocycles. The molecule has 2 aromatic carbocycles. The summed E-state index contributed by atoms with van der Waals surface area (Å²) in [6.45, 7) is 2.47. The summed E-state index contributed by atoms with van der Waals surface area (Å²) in [7, 11) is 1.62. The van der Waals surface area contributed by atoms with Crippen molar-refractivity contribution in [3.05, 3.63) is 50.5 Å². The number of hydrogen-bond acceptors (Lipinski definition) is 5. The molecule has 0 unspecified atom stereocenters. The van der Waals surface area contributed by atoms with Crippen LogP contribution in [0.15, 0.2) is 36.4 Å². The summed E-state index contributed by atoms with van der Waals surface area (Å²) in [6, 6.07) is 14.0. The van der Waals surface area contributed by atoms with Gasteiger partial charge in [0.2, 0.25) is 0 Å². The highest BCUT2D eigenvalue weighted by atomic mass is 127. The van der Waals surface area contributed by atoms with Crippen LogP contribution in [0, 0.1) is 14.9 Å². The summed E-state index contributed by atoms with van der Waals surface area (Å²) < 4.78 is 13.1. The SMILES string of the molecule is CCOc1cc(/C=C(\C#N)c2nc3ccccc3s2)cc(I)c1OC. The topological polar surface area (TPSA) is 55.1 Å². The largest absolute Gasteiger partial charge is 0.492 e. The molecule has 0 spiro atoms. The molecule has 0 saturated heterocycles. The molecule has 0 saturated carbocycles. The van der Waals surface area contributed by atoms with E-state index in [9.17, 15) is 5.26 Å². The molecule has 3 rings (SSSR count). The van der Waals surface area contributed by atoms with E-state index in [0.717, 1.165) is 19.4 Å². The van der Waals surface area contributed by atoms with Gasteiger partial charge < -0.3 is 9.47 Å². The van der Waals surface area contributed by atoms with Crippen LogP contribution in [-0.2, 0) is 0 Å². The van der Waals surface area contributed by atoms with Gasteiger partial charge in [-0.25, -0.2) is 4.98 Å². The molecule has 0 atom stereocenters. The van der Waals surface area contributed by atoms with Gasteiger partial charge >= 0.3 is 0 Å². The zero-order chi connectivity index (χ0) is 17.8. The highest BCUT2D eigenvalue weighted by Crippen LogP contribution is 2.35. The van der Waals surface area contributed by atoms with Gasteiger partial charge in [-0.2, -0.15) is 5.26 Å². The van der Waals surface area contributed by atoms with E-state index in [1.165, 1.54) is 11.3 Å². The van der Waals surface area contributed by atoms with Crippen molar-refractivity contribution in [2.75, 3.05) is 13.7 Å². The molecule has 0 fully saturated rings. The van der Waals surface area contributed by atoms with Gasteiger partial charge in [-0.05, 0) is 65.4 Å². The van der Waals surface area contributed by atoms with E-state index in [0.29, 0.717) is 28.7 Å². The van der Waals surface area contributed by atoms with E-state index in [1.807, 2.05) is 49.4 Å². The van der Waals surface area contributed by atoms with E-state index in [1.54, 1.807) is 7.11 Å². The van der Waals surface area contributed by atoms with E-state index in [-0.39, 0.29) is 0 Å². The molecule has 0 aliphatic carbocycles. The van der Waals surface area contributed by atoms with Crippen molar-refractivity contribution in [2.24, 2.45) is 0 Å². The maximum absolute atomic E-state index is 9.60. The number of fused-ring (bicyclic) bond motifs is 1. The molecule has 126 valence electrons. The van der Waals surface area contributed by atoms with Crippen molar-refractivity contribution in [2.45, 2.75) is 6.92 Å². The van der Waals surface area contributed by atoms with Crippen LogP contribution in [0.25, 0.3) is 21.9 Å². The minimum Gasteiger partial charge on any atom is -0.492 e. The number of halogens is 1. The highest BCUT2D eigenvalue weighted by Gasteiger charge is 2.13. The third kappa shape index (κ3) is 3.78. The van der Waals surface area contributed by atoms with Gasteiger partial charge in [0.05, 0.1) is 33.1 Å². The average Bonchev–Trinajstić information content (AvgIpc) is 3.03. The van der Waals surface area contributed by atoms with Crippen molar-refractivity contribution in [1.82, 2.24) is 4.98 Å². The predicted molar refractivity (Wildman–Crippen MR) is 110 cm³/mol. The van der Waals surface area contributed by atoms with Crippen molar-refractivity contribution in [1.29, 1.82) is 5.26 Å². The molecule has 6 heteroatoms. The minimum atomic E-state index is 0.532. The number of methoxy groups -OCH3 is 1. The Morgan fingerprint density at radius 1 is 1.36 bits per heavy atom. The van der Waals surface area contributed by atoms with Crippen LogP contribution >= 0.6 is 33.9 Å². The fourth-order valence-corrected chi connectivity index (χ4v) is 4.21. The number of ether oxygens (including phenoxy) is 2. The van der Waals surface area contributed by atoms with Gasteiger partial charge in [-0.3, -0.25) is 0 Å². The van der Waals surface area contributed by atoms with Crippen molar-refractivity contribution >= 4 is 55.8 Å². The number of nitrogens with zero attached hydrogens (tertiary/aromatic N) is 2. The summed E-state index contributed by atoms with van der Waals surface area (Å²) in [6.07, 6.45) is 1.84. The number of thiazole rings is 1. The lowest BCUT2D eigenvalue weighted by molar-refractivity contribution is 0.309. The summed E-state index contributed by atoms with van der Waals surface area (Å²) in [5.74, 6) is 1.38. The van der Waals surface area contributed by atoms with Gasteiger partial charge in [0.25, 0.3) is 0 Å². The summed E-state index contributed by atoms with van der Waals surface area (Å²) >= 11 is 3.72. The Kier molecular flexibility index (Phi) is 5.56. The average molecular weight is 462 g/mol. The monoisotopic (exact) mass is 462 g/mol. The van der Waals surface area contributed by atoms with Crippen LogP contribution in [0.5, 0.6) is 11.5 Å². The van der Waals surface area contributed by atoms with Crippen LogP contribution in [-0.4, -0.2) is 18.7 Å². The normalized spacial score (nSPS) is 11.4. The first-order valence-corrected chi connectivity index (χ1v) is 9.53.